The lowest BCUT2D eigenvalue weighted by molar-refractivity contribution is -0.137. The average Bonchev–Trinajstić information content (AvgIpc) is 2.56. The van der Waals surface area contributed by atoms with Crippen LogP contribution in [-0.4, -0.2) is 35.2 Å². The molecule has 1 aliphatic heterocycles. The summed E-state index contributed by atoms with van der Waals surface area (Å²) in [4.78, 5) is 24.7. The first-order valence-corrected chi connectivity index (χ1v) is 5.28. The van der Waals surface area contributed by atoms with E-state index in [1.807, 2.05) is 0 Å². The number of nitriles is 1. The van der Waals surface area contributed by atoms with Gasteiger partial charge in [0.25, 0.3) is 0 Å². The largest absolute Gasteiger partial charge is 0.330 e. The topological polar surface area (TPSA) is 87.2 Å². The quantitative estimate of drug-likeness (QED) is 0.716. The molecule has 2 N–H and O–H groups in total. The first kappa shape index (κ1) is 12.7. The first-order chi connectivity index (χ1) is 7.30. The van der Waals surface area contributed by atoms with Crippen molar-refractivity contribution in [2.24, 2.45) is 11.1 Å². The van der Waals surface area contributed by atoms with Gasteiger partial charge in [0, 0.05) is 6.54 Å². The minimum Gasteiger partial charge on any atom is -0.330 e. The van der Waals surface area contributed by atoms with Crippen LogP contribution in [0, 0.1) is 16.7 Å². The Labute approximate surface area is 95.2 Å². The lowest BCUT2D eigenvalue weighted by Crippen LogP contribution is -2.47. The molecule has 0 aliphatic carbocycles. The summed E-state index contributed by atoms with van der Waals surface area (Å²) >= 11 is 0. The Bertz CT molecular complexity index is 359. The molecule has 1 aliphatic rings. The second-order valence-corrected chi connectivity index (χ2v) is 4.76. The smallest absolute Gasteiger partial charge is 0.239 e. The van der Waals surface area contributed by atoms with E-state index in [2.05, 4.69) is 6.07 Å². The van der Waals surface area contributed by atoms with E-state index in [-0.39, 0.29) is 18.2 Å². The van der Waals surface area contributed by atoms with Gasteiger partial charge in [0.2, 0.25) is 5.91 Å². The van der Waals surface area contributed by atoms with Crippen molar-refractivity contribution in [1.29, 1.82) is 5.26 Å². The maximum atomic E-state index is 11.8. The van der Waals surface area contributed by atoms with Crippen LogP contribution in [0.4, 0.5) is 0 Å². The fourth-order valence-electron chi connectivity index (χ4n) is 2.02. The number of likely N-dealkylation sites (tertiary alicyclic amines) is 1. The number of nitrogens with two attached hydrogens (primary N) is 1. The Kier molecular flexibility index (Phi) is 3.34. The summed E-state index contributed by atoms with van der Waals surface area (Å²) in [6.07, 6.45) is 0.400. The Hall–Kier alpha value is -1.41. The van der Waals surface area contributed by atoms with E-state index in [1.165, 1.54) is 11.8 Å². The minimum atomic E-state index is -0.638. The number of rotatable bonds is 2. The van der Waals surface area contributed by atoms with E-state index in [0.717, 1.165) is 0 Å². The normalized spacial score (nSPS) is 30.9. The highest BCUT2D eigenvalue weighted by Gasteiger charge is 2.45. The third kappa shape index (κ3) is 2.22. The molecule has 0 unspecified atom stereocenters. The first-order valence-electron chi connectivity index (χ1n) is 5.28. The van der Waals surface area contributed by atoms with Crippen LogP contribution in [-0.2, 0) is 9.59 Å². The third-order valence-electron chi connectivity index (χ3n) is 2.95. The van der Waals surface area contributed by atoms with Gasteiger partial charge in [0.15, 0.2) is 5.78 Å². The maximum absolute atomic E-state index is 11.8. The summed E-state index contributed by atoms with van der Waals surface area (Å²) in [5.74, 6) is -0.354. The van der Waals surface area contributed by atoms with E-state index >= 15 is 0 Å². The van der Waals surface area contributed by atoms with Gasteiger partial charge in [0.05, 0.1) is 23.6 Å². The van der Waals surface area contributed by atoms with Gasteiger partial charge >= 0.3 is 0 Å². The van der Waals surface area contributed by atoms with Crippen LogP contribution in [0.15, 0.2) is 0 Å². The van der Waals surface area contributed by atoms with Crippen molar-refractivity contribution in [2.45, 2.75) is 39.3 Å². The van der Waals surface area contributed by atoms with Crippen LogP contribution >= 0.6 is 0 Å². The molecule has 1 fully saturated rings. The van der Waals surface area contributed by atoms with Gasteiger partial charge in [-0.2, -0.15) is 5.26 Å². The molecule has 1 amide bonds. The second-order valence-electron chi connectivity index (χ2n) is 4.76. The van der Waals surface area contributed by atoms with E-state index < -0.39 is 17.5 Å². The Morgan fingerprint density at radius 2 is 2.19 bits per heavy atom. The molecular weight excluding hydrogens is 206 g/mol. The summed E-state index contributed by atoms with van der Waals surface area (Å²) in [6.45, 7) is 5.07. The van der Waals surface area contributed by atoms with E-state index in [1.54, 1.807) is 13.8 Å². The van der Waals surface area contributed by atoms with Crippen molar-refractivity contribution in [3.63, 3.8) is 0 Å². The van der Waals surface area contributed by atoms with Gasteiger partial charge in [-0.15, -0.1) is 0 Å². The molecule has 0 radical (unpaired) electrons. The van der Waals surface area contributed by atoms with Crippen molar-refractivity contribution in [1.82, 2.24) is 4.90 Å². The van der Waals surface area contributed by atoms with Crippen molar-refractivity contribution >= 4 is 11.7 Å². The molecule has 3 atom stereocenters. The molecule has 0 bridgehead atoms. The SMILES string of the molecule is CC(=O)[C@H]1C[C@@](C)(C#N)CN1C(=O)[C@H](C)N. The Morgan fingerprint density at radius 3 is 2.56 bits per heavy atom. The van der Waals surface area contributed by atoms with Crippen LogP contribution in [0.2, 0.25) is 0 Å². The van der Waals surface area contributed by atoms with Crippen LogP contribution < -0.4 is 5.73 Å². The van der Waals surface area contributed by atoms with Gasteiger partial charge < -0.3 is 10.6 Å². The molecule has 1 saturated heterocycles. The summed E-state index contributed by atoms with van der Waals surface area (Å²) in [6, 6.07) is 1.03. The fraction of sp³-hybridized carbons (Fsp3) is 0.727. The van der Waals surface area contributed by atoms with Gasteiger partial charge in [-0.25, -0.2) is 0 Å². The molecule has 0 spiro atoms. The molecule has 5 nitrogen and oxygen atoms in total. The van der Waals surface area contributed by atoms with Crippen molar-refractivity contribution in [3.05, 3.63) is 0 Å². The predicted molar refractivity (Wildman–Crippen MR) is 58.2 cm³/mol. The number of carbonyl (C=O) groups is 2. The molecular formula is C11H17N3O2. The fourth-order valence-corrected chi connectivity index (χ4v) is 2.02. The number of hydrogen-bond donors (Lipinski definition) is 1. The molecule has 0 aromatic carbocycles. The second kappa shape index (κ2) is 4.22. The van der Waals surface area contributed by atoms with Gasteiger partial charge in [0.1, 0.15) is 0 Å². The van der Waals surface area contributed by atoms with E-state index in [4.69, 9.17) is 11.0 Å². The van der Waals surface area contributed by atoms with E-state index in [9.17, 15) is 9.59 Å². The summed E-state index contributed by atoms with van der Waals surface area (Å²) in [7, 11) is 0. The number of Topliss-reactive ketones (excluding diaryl/α,β-unsaturated/α-hetero) is 1. The van der Waals surface area contributed by atoms with Gasteiger partial charge in [-0.3, -0.25) is 9.59 Å². The minimum absolute atomic E-state index is 0.0898. The molecule has 0 aromatic heterocycles. The highest BCUT2D eigenvalue weighted by atomic mass is 16.2. The van der Waals surface area contributed by atoms with Crippen LogP contribution in [0.25, 0.3) is 0 Å². The highest BCUT2D eigenvalue weighted by Crippen LogP contribution is 2.34. The average molecular weight is 223 g/mol. The van der Waals surface area contributed by atoms with Crippen molar-refractivity contribution in [3.8, 4) is 6.07 Å². The van der Waals surface area contributed by atoms with Crippen molar-refractivity contribution < 1.29 is 9.59 Å². The lowest BCUT2D eigenvalue weighted by Gasteiger charge is -2.24. The molecule has 88 valence electrons. The van der Waals surface area contributed by atoms with Crippen LogP contribution in [0.5, 0.6) is 0 Å². The highest BCUT2D eigenvalue weighted by molar-refractivity contribution is 5.90. The number of nitrogens with zero attached hydrogens (tertiary/aromatic N) is 2. The van der Waals surface area contributed by atoms with Crippen LogP contribution in [0.3, 0.4) is 0 Å². The monoisotopic (exact) mass is 223 g/mol. The summed E-state index contributed by atoms with van der Waals surface area (Å²) in [5, 5.41) is 9.03. The molecule has 5 heteroatoms. The number of ketones is 1. The molecule has 1 rings (SSSR count). The zero-order chi connectivity index (χ0) is 12.5. The standard InChI is InChI=1S/C11H17N3O2/c1-7(13)10(16)14-6-11(3,5-12)4-9(14)8(2)15/h7,9H,4,6,13H2,1-3H3/t7-,9+,11-/m0/s1. The third-order valence-corrected chi connectivity index (χ3v) is 2.95. The number of amides is 1. The molecule has 1 heterocycles. The summed E-state index contributed by atoms with van der Waals surface area (Å²) < 4.78 is 0. The molecule has 0 saturated carbocycles. The summed E-state index contributed by atoms with van der Waals surface area (Å²) in [5.41, 5.74) is 4.88. The Morgan fingerprint density at radius 1 is 1.62 bits per heavy atom. The number of carbonyl (C=O) groups excluding carboxylic acids is 2. The van der Waals surface area contributed by atoms with Gasteiger partial charge in [-0.05, 0) is 27.2 Å². The van der Waals surface area contributed by atoms with Crippen LogP contribution in [0.1, 0.15) is 27.2 Å². The molecule has 16 heavy (non-hydrogen) atoms. The zero-order valence-corrected chi connectivity index (χ0v) is 9.86. The molecule has 0 aromatic rings. The van der Waals surface area contributed by atoms with Crippen molar-refractivity contribution in [2.75, 3.05) is 6.54 Å². The lowest BCUT2D eigenvalue weighted by atomic mass is 9.89. The number of hydrogen-bond acceptors (Lipinski definition) is 4. The maximum Gasteiger partial charge on any atom is 0.239 e. The Balaban J connectivity index is 2.96. The predicted octanol–water partition coefficient (Wildman–Crippen LogP) is 0.0534. The zero-order valence-electron chi connectivity index (χ0n) is 9.86. The van der Waals surface area contributed by atoms with E-state index in [0.29, 0.717) is 6.42 Å². The van der Waals surface area contributed by atoms with Gasteiger partial charge in [-0.1, -0.05) is 0 Å².